The summed E-state index contributed by atoms with van der Waals surface area (Å²) in [5.74, 6) is 0. The summed E-state index contributed by atoms with van der Waals surface area (Å²) in [6.45, 7) is 0.0548. The molecule has 2 heterocycles. The summed E-state index contributed by atoms with van der Waals surface area (Å²) in [6, 6.07) is 0. The fourth-order valence-electron chi connectivity index (χ4n) is 5.20. The average Bonchev–Trinajstić information content (AvgIpc) is 3.01. The van der Waals surface area contributed by atoms with Crippen LogP contribution >= 0.6 is 0 Å². The first-order valence-corrected chi connectivity index (χ1v) is 15.8. The van der Waals surface area contributed by atoms with Crippen molar-refractivity contribution in [3.63, 3.8) is 0 Å². The third-order valence-electron chi connectivity index (χ3n) is 7.88. The smallest absolute Gasteiger partial charge is 0.293 e. The third-order valence-corrected chi connectivity index (χ3v) is 7.88. The molecule has 0 aromatic carbocycles. The Bertz CT molecular complexity index is 739. The maximum atomic E-state index is 10.7. The average molecular weight is 623 g/mol. The molecule has 13 nitrogen and oxygen atoms in total. The molecule has 2 fully saturated rings. The number of aliphatic hydroxyl groups excluding tert-OH is 7. The van der Waals surface area contributed by atoms with E-state index < -0.39 is 74.6 Å². The van der Waals surface area contributed by atoms with Crippen LogP contribution in [0.1, 0.15) is 83.5 Å². The number of carbonyl (C=O) groups excluding carboxylic acids is 1. The van der Waals surface area contributed by atoms with Crippen LogP contribution < -0.4 is 0 Å². The van der Waals surface area contributed by atoms with Gasteiger partial charge in [0.25, 0.3) is 6.47 Å². The van der Waals surface area contributed by atoms with Gasteiger partial charge in [0.2, 0.25) is 0 Å². The van der Waals surface area contributed by atoms with Gasteiger partial charge in [0.05, 0.1) is 19.8 Å². The molecule has 0 bridgehead atoms. The van der Waals surface area contributed by atoms with E-state index in [-0.39, 0.29) is 6.61 Å². The molecular weight excluding hydrogens is 568 g/mol. The lowest BCUT2D eigenvalue weighted by atomic mass is 9.97. The summed E-state index contributed by atoms with van der Waals surface area (Å²) in [4.78, 5) is 10.1. The molecule has 0 aliphatic carbocycles. The molecule has 2 saturated heterocycles. The van der Waals surface area contributed by atoms with Gasteiger partial charge in [0.1, 0.15) is 48.8 Å². The van der Waals surface area contributed by atoms with Gasteiger partial charge in [0, 0.05) is 6.61 Å². The quantitative estimate of drug-likeness (QED) is 0.0470. The van der Waals surface area contributed by atoms with Crippen LogP contribution in [0.15, 0.2) is 12.2 Å². The van der Waals surface area contributed by atoms with E-state index in [0.29, 0.717) is 19.5 Å². The van der Waals surface area contributed by atoms with Gasteiger partial charge in [-0.1, -0.05) is 57.1 Å². The number of hydrogen-bond acceptors (Lipinski definition) is 13. The van der Waals surface area contributed by atoms with E-state index >= 15 is 0 Å². The Morgan fingerprint density at radius 3 is 1.60 bits per heavy atom. The molecular formula is C30H54O13. The number of carbonyl (C=O) groups is 1. The lowest BCUT2D eigenvalue weighted by Gasteiger charge is -2.45. The standard InChI is InChI=1S/C30H54O13/c31-18-21-23(34)25(36)27(38)29(41-21)43-28-26(37)24(35)22(19-32)42-30(28)40-17-15-13-11-9-7-5-3-1-2-4-6-8-10-12-14-16-39-20-33/h1-2,20-32,34-38H,3-19H2/b2-1+/t21?,22?,23-,24-,25+,26+,27?,28?,29+,30-/m1/s1. The lowest BCUT2D eigenvalue weighted by molar-refractivity contribution is -0.367. The summed E-state index contributed by atoms with van der Waals surface area (Å²) >= 11 is 0. The highest BCUT2D eigenvalue weighted by atomic mass is 16.8. The van der Waals surface area contributed by atoms with Crippen molar-refractivity contribution in [2.45, 2.75) is 145 Å². The minimum absolute atomic E-state index is 0.259. The number of allylic oxidation sites excluding steroid dienone is 2. The van der Waals surface area contributed by atoms with Crippen LogP contribution in [0.4, 0.5) is 0 Å². The number of ether oxygens (including phenoxy) is 5. The van der Waals surface area contributed by atoms with Crippen LogP contribution in [0.5, 0.6) is 0 Å². The summed E-state index contributed by atoms with van der Waals surface area (Å²) in [7, 11) is 0. The van der Waals surface area contributed by atoms with Crippen molar-refractivity contribution in [1.82, 2.24) is 0 Å². The highest BCUT2D eigenvalue weighted by Crippen LogP contribution is 2.30. The molecule has 2 aliphatic heterocycles. The Kier molecular flexibility index (Phi) is 19.7. The van der Waals surface area contributed by atoms with Gasteiger partial charge in [-0.2, -0.15) is 0 Å². The van der Waals surface area contributed by atoms with Crippen LogP contribution in [0, 0.1) is 0 Å². The molecule has 10 atom stereocenters. The van der Waals surface area contributed by atoms with E-state index in [1.54, 1.807) is 0 Å². The highest BCUT2D eigenvalue weighted by Gasteiger charge is 2.50. The zero-order chi connectivity index (χ0) is 31.5. The lowest BCUT2D eigenvalue weighted by Crippen LogP contribution is -2.64. The molecule has 0 aromatic rings. The number of unbranched alkanes of at least 4 members (excludes halogenated alkanes) is 11. The summed E-state index contributed by atoms with van der Waals surface area (Å²) in [6.07, 6.45) is 3.79. The van der Waals surface area contributed by atoms with Gasteiger partial charge in [-0.3, -0.25) is 4.79 Å². The molecule has 2 rings (SSSR count). The van der Waals surface area contributed by atoms with E-state index in [4.69, 9.17) is 18.9 Å². The van der Waals surface area contributed by atoms with Gasteiger partial charge in [-0.05, 0) is 38.5 Å². The summed E-state index contributed by atoms with van der Waals surface area (Å²) < 4.78 is 27.1. The number of hydrogen-bond donors (Lipinski definition) is 7. The molecule has 13 heteroatoms. The second-order valence-corrected chi connectivity index (χ2v) is 11.3. The SMILES string of the molecule is O=COCCCCCCC/C=C/CCCCCCCCO[C@@H]1OC(CO)[C@@H](O)[C@H](O)C1O[C@@H]1OC(CO)[C@@H](O)[C@H](O)C1O. The number of rotatable bonds is 23. The predicted octanol–water partition coefficient (Wildman–Crippen LogP) is 0.428. The topological polar surface area (TPSA) is 205 Å². The molecule has 4 unspecified atom stereocenters. The first-order chi connectivity index (χ1) is 20.8. The molecule has 43 heavy (non-hydrogen) atoms. The molecule has 252 valence electrons. The number of aliphatic hydroxyl groups is 7. The van der Waals surface area contributed by atoms with Crippen molar-refractivity contribution < 1.29 is 64.2 Å². The molecule has 7 N–H and O–H groups in total. The van der Waals surface area contributed by atoms with E-state index in [2.05, 4.69) is 16.9 Å². The Labute approximate surface area is 254 Å². The zero-order valence-electron chi connectivity index (χ0n) is 25.1. The monoisotopic (exact) mass is 622 g/mol. The van der Waals surface area contributed by atoms with Crippen molar-refractivity contribution in [3.8, 4) is 0 Å². The van der Waals surface area contributed by atoms with Crippen molar-refractivity contribution in [3.05, 3.63) is 12.2 Å². The fourth-order valence-corrected chi connectivity index (χ4v) is 5.20. The van der Waals surface area contributed by atoms with E-state index in [9.17, 15) is 40.5 Å². The van der Waals surface area contributed by atoms with E-state index in [0.717, 1.165) is 57.8 Å². The van der Waals surface area contributed by atoms with Gasteiger partial charge in [0.15, 0.2) is 12.6 Å². The van der Waals surface area contributed by atoms with Crippen molar-refractivity contribution in [1.29, 1.82) is 0 Å². The van der Waals surface area contributed by atoms with Crippen LogP contribution in [-0.2, 0) is 28.5 Å². The molecule has 2 aliphatic rings. The molecule has 0 radical (unpaired) electrons. The third kappa shape index (κ3) is 13.3. The van der Waals surface area contributed by atoms with E-state index in [1.807, 2.05) is 0 Å². The fraction of sp³-hybridized carbons (Fsp3) is 0.900. The van der Waals surface area contributed by atoms with Crippen molar-refractivity contribution >= 4 is 6.47 Å². The Morgan fingerprint density at radius 2 is 1.05 bits per heavy atom. The first kappa shape index (κ1) is 38.0. The predicted molar refractivity (Wildman–Crippen MR) is 154 cm³/mol. The summed E-state index contributed by atoms with van der Waals surface area (Å²) in [5.41, 5.74) is 0. The minimum Gasteiger partial charge on any atom is -0.468 e. The highest BCUT2D eigenvalue weighted by molar-refractivity contribution is 5.36. The minimum atomic E-state index is -1.70. The molecule has 0 aromatic heterocycles. The van der Waals surface area contributed by atoms with Gasteiger partial charge in [-0.15, -0.1) is 0 Å². The Hall–Kier alpha value is -1.23. The van der Waals surface area contributed by atoms with Crippen LogP contribution in [0.3, 0.4) is 0 Å². The maximum absolute atomic E-state index is 10.7. The Morgan fingerprint density at radius 1 is 0.558 bits per heavy atom. The molecule has 0 spiro atoms. The van der Waals surface area contributed by atoms with Gasteiger partial charge < -0.3 is 59.4 Å². The largest absolute Gasteiger partial charge is 0.468 e. The van der Waals surface area contributed by atoms with Crippen LogP contribution in [-0.4, -0.2) is 130 Å². The van der Waals surface area contributed by atoms with Crippen molar-refractivity contribution in [2.75, 3.05) is 26.4 Å². The van der Waals surface area contributed by atoms with Gasteiger partial charge in [-0.25, -0.2) is 0 Å². The second kappa shape index (κ2) is 22.3. The van der Waals surface area contributed by atoms with Crippen LogP contribution in [0.25, 0.3) is 0 Å². The summed E-state index contributed by atoms with van der Waals surface area (Å²) in [5, 5.41) is 70.3. The van der Waals surface area contributed by atoms with Crippen molar-refractivity contribution in [2.24, 2.45) is 0 Å². The Balaban J connectivity index is 1.62. The first-order valence-electron chi connectivity index (χ1n) is 15.8. The maximum Gasteiger partial charge on any atom is 0.293 e. The van der Waals surface area contributed by atoms with Gasteiger partial charge >= 0.3 is 0 Å². The van der Waals surface area contributed by atoms with E-state index in [1.165, 1.54) is 19.3 Å². The second-order valence-electron chi connectivity index (χ2n) is 11.3. The van der Waals surface area contributed by atoms with Crippen LogP contribution in [0.2, 0.25) is 0 Å². The molecule has 0 saturated carbocycles. The normalized spacial score (nSPS) is 33.2. The molecule has 0 amide bonds. The zero-order valence-corrected chi connectivity index (χ0v) is 25.1.